The van der Waals surface area contributed by atoms with Crippen LogP contribution in [-0.4, -0.2) is 57.6 Å². The van der Waals surface area contributed by atoms with Crippen LogP contribution in [0.5, 0.6) is 0 Å². The van der Waals surface area contributed by atoms with E-state index < -0.39 is 11.7 Å². The summed E-state index contributed by atoms with van der Waals surface area (Å²) in [6.45, 7) is 3.78. The molecule has 176 valence electrons. The van der Waals surface area contributed by atoms with Gasteiger partial charge in [0.1, 0.15) is 11.4 Å². The van der Waals surface area contributed by atoms with Gasteiger partial charge in [0.25, 0.3) is 0 Å². The van der Waals surface area contributed by atoms with E-state index in [0.717, 1.165) is 49.1 Å². The van der Waals surface area contributed by atoms with Crippen molar-refractivity contribution in [2.45, 2.75) is 6.18 Å². The fraction of sp³-hybridized carbons (Fsp3) is 0.292. The third kappa shape index (κ3) is 4.41. The fourth-order valence-corrected chi connectivity index (χ4v) is 4.06. The molecule has 0 spiro atoms. The van der Waals surface area contributed by atoms with Crippen molar-refractivity contribution in [3.05, 3.63) is 60.6 Å². The number of hydrogen-bond donors (Lipinski definition) is 1. The second-order valence-corrected chi connectivity index (χ2v) is 8.47. The van der Waals surface area contributed by atoms with Crippen LogP contribution in [-0.2, 0) is 13.2 Å². The van der Waals surface area contributed by atoms with E-state index in [1.807, 2.05) is 29.8 Å². The van der Waals surface area contributed by atoms with E-state index in [1.54, 1.807) is 30.6 Å². The Labute approximate surface area is 194 Å². The summed E-state index contributed by atoms with van der Waals surface area (Å²) in [6, 6.07) is 12.8. The topological polar surface area (TPSA) is 62.1 Å². The maximum atomic E-state index is 13.7. The first-order valence-corrected chi connectivity index (χ1v) is 10.9. The Morgan fingerprint density at radius 2 is 1.65 bits per heavy atom. The number of fused-ring (bicyclic) bond motifs is 1. The molecule has 0 saturated carbocycles. The molecule has 2 aromatic carbocycles. The van der Waals surface area contributed by atoms with E-state index in [-0.39, 0.29) is 11.6 Å². The monoisotopic (exact) mass is 467 g/mol. The van der Waals surface area contributed by atoms with E-state index in [1.165, 1.54) is 0 Å². The molecule has 1 aliphatic rings. The van der Waals surface area contributed by atoms with Gasteiger partial charge in [-0.15, -0.1) is 0 Å². The predicted octanol–water partition coefficient (Wildman–Crippen LogP) is 4.54. The largest absolute Gasteiger partial charge is 0.421 e. The Kier molecular flexibility index (Phi) is 5.60. The van der Waals surface area contributed by atoms with E-state index in [0.29, 0.717) is 11.3 Å². The number of nitrogens with zero attached hydrogens (tertiary/aromatic N) is 6. The Morgan fingerprint density at radius 3 is 2.35 bits per heavy atom. The minimum Gasteiger partial charge on any atom is -0.369 e. The van der Waals surface area contributed by atoms with Gasteiger partial charge in [-0.1, -0.05) is 0 Å². The highest BCUT2D eigenvalue weighted by molar-refractivity contribution is 5.81. The summed E-state index contributed by atoms with van der Waals surface area (Å²) in [5.41, 5.74) is 2.87. The first-order chi connectivity index (χ1) is 16.3. The summed E-state index contributed by atoms with van der Waals surface area (Å²) in [5.74, 6) is -0.0944. The van der Waals surface area contributed by atoms with Crippen molar-refractivity contribution in [2.75, 3.05) is 43.4 Å². The van der Waals surface area contributed by atoms with Gasteiger partial charge in [0.05, 0.1) is 17.4 Å². The zero-order chi connectivity index (χ0) is 23.9. The van der Waals surface area contributed by atoms with Crippen molar-refractivity contribution >= 4 is 28.2 Å². The van der Waals surface area contributed by atoms with Gasteiger partial charge in [-0.05, 0) is 49.5 Å². The SMILES string of the molecule is CN1CCN(c2ccc(Nc3nc(-c4ccc5c(c4)ncn5C)ncc3C(F)(F)F)cc2)CC1. The summed E-state index contributed by atoms with van der Waals surface area (Å²) in [6.07, 6.45) is -2.09. The lowest BCUT2D eigenvalue weighted by atomic mass is 10.1. The summed E-state index contributed by atoms with van der Waals surface area (Å²) in [7, 11) is 3.97. The lowest BCUT2D eigenvalue weighted by Crippen LogP contribution is -2.44. The number of alkyl halides is 3. The zero-order valence-corrected chi connectivity index (χ0v) is 18.8. The van der Waals surface area contributed by atoms with Crippen LogP contribution in [0.2, 0.25) is 0 Å². The molecule has 7 nitrogen and oxygen atoms in total. The highest BCUT2D eigenvalue weighted by atomic mass is 19.4. The molecule has 0 radical (unpaired) electrons. The average Bonchev–Trinajstić information content (AvgIpc) is 3.19. The number of piperazine rings is 1. The number of hydrogen-bond acceptors (Lipinski definition) is 6. The molecule has 1 N–H and O–H groups in total. The predicted molar refractivity (Wildman–Crippen MR) is 126 cm³/mol. The molecule has 2 aromatic heterocycles. The lowest BCUT2D eigenvalue weighted by Gasteiger charge is -2.34. The van der Waals surface area contributed by atoms with Crippen LogP contribution < -0.4 is 10.2 Å². The summed E-state index contributed by atoms with van der Waals surface area (Å²) >= 11 is 0. The quantitative estimate of drug-likeness (QED) is 0.475. The molecule has 0 bridgehead atoms. The zero-order valence-electron chi connectivity index (χ0n) is 18.8. The van der Waals surface area contributed by atoms with Crippen LogP contribution in [0.1, 0.15) is 5.56 Å². The van der Waals surface area contributed by atoms with Crippen molar-refractivity contribution in [3.8, 4) is 11.4 Å². The number of benzene rings is 2. The molecule has 0 amide bonds. The molecule has 1 aliphatic heterocycles. The molecule has 1 fully saturated rings. The molecule has 0 aliphatic carbocycles. The van der Waals surface area contributed by atoms with Crippen LogP contribution in [0.4, 0.5) is 30.4 Å². The number of nitrogens with one attached hydrogen (secondary N) is 1. The van der Waals surface area contributed by atoms with Crippen LogP contribution in [0.3, 0.4) is 0 Å². The third-order valence-corrected chi connectivity index (χ3v) is 6.08. The minimum atomic E-state index is -4.59. The second-order valence-electron chi connectivity index (χ2n) is 8.47. The van der Waals surface area contributed by atoms with Crippen molar-refractivity contribution < 1.29 is 13.2 Å². The molecule has 0 atom stereocenters. The number of likely N-dealkylation sites (N-methyl/N-ethyl adjacent to an activating group) is 1. The average molecular weight is 467 g/mol. The Hall–Kier alpha value is -3.66. The van der Waals surface area contributed by atoms with Crippen LogP contribution in [0, 0.1) is 0 Å². The third-order valence-electron chi connectivity index (χ3n) is 6.08. The van der Waals surface area contributed by atoms with Gasteiger partial charge in [0.15, 0.2) is 5.82 Å². The number of rotatable bonds is 4. The van der Waals surface area contributed by atoms with Gasteiger partial charge < -0.3 is 19.7 Å². The normalized spacial score (nSPS) is 15.1. The highest BCUT2D eigenvalue weighted by Crippen LogP contribution is 2.36. The lowest BCUT2D eigenvalue weighted by molar-refractivity contribution is -0.137. The Morgan fingerprint density at radius 1 is 0.912 bits per heavy atom. The van der Waals surface area contributed by atoms with Gasteiger partial charge in [-0.2, -0.15) is 13.2 Å². The van der Waals surface area contributed by atoms with Gasteiger partial charge in [-0.3, -0.25) is 0 Å². The van der Waals surface area contributed by atoms with Crippen LogP contribution >= 0.6 is 0 Å². The molecular formula is C24H24F3N7. The van der Waals surface area contributed by atoms with Crippen LogP contribution in [0.25, 0.3) is 22.4 Å². The molecule has 0 unspecified atom stereocenters. The van der Waals surface area contributed by atoms with E-state index in [9.17, 15) is 13.2 Å². The summed E-state index contributed by atoms with van der Waals surface area (Å²) < 4.78 is 42.9. The van der Waals surface area contributed by atoms with E-state index in [4.69, 9.17) is 0 Å². The molecule has 1 saturated heterocycles. The first kappa shape index (κ1) is 22.1. The number of anilines is 3. The standard InChI is InChI=1S/C24H24F3N7/c1-32-9-11-34(12-10-32)18-6-4-17(5-7-18)30-23-19(24(25,26)27)14-28-22(31-23)16-3-8-21-20(13-16)29-15-33(21)2/h3-8,13-15H,9-12H2,1-2H3,(H,28,30,31). The van der Waals surface area contributed by atoms with E-state index >= 15 is 0 Å². The highest BCUT2D eigenvalue weighted by Gasteiger charge is 2.35. The Bertz CT molecular complexity index is 1310. The van der Waals surface area contributed by atoms with Gasteiger partial charge in [0.2, 0.25) is 0 Å². The molecule has 5 rings (SSSR count). The number of aromatic nitrogens is 4. The van der Waals surface area contributed by atoms with Gasteiger partial charge in [-0.25, -0.2) is 15.0 Å². The number of aryl methyl sites for hydroxylation is 1. The fourth-order valence-electron chi connectivity index (χ4n) is 4.06. The van der Waals surface area contributed by atoms with Crippen molar-refractivity contribution in [1.29, 1.82) is 0 Å². The summed E-state index contributed by atoms with van der Waals surface area (Å²) in [4.78, 5) is 17.1. The van der Waals surface area contributed by atoms with Crippen molar-refractivity contribution in [2.24, 2.45) is 7.05 Å². The maximum Gasteiger partial charge on any atom is 0.421 e. The molecule has 3 heterocycles. The maximum absolute atomic E-state index is 13.7. The van der Waals surface area contributed by atoms with Gasteiger partial charge in [0, 0.05) is 56.4 Å². The number of imidazole rings is 1. The molecule has 34 heavy (non-hydrogen) atoms. The smallest absolute Gasteiger partial charge is 0.369 e. The molecule has 4 aromatic rings. The van der Waals surface area contributed by atoms with Gasteiger partial charge >= 0.3 is 6.18 Å². The Balaban J connectivity index is 1.44. The second kappa shape index (κ2) is 8.60. The van der Waals surface area contributed by atoms with Crippen molar-refractivity contribution in [1.82, 2.24) is 24.4 Å². The van der Waals surface area contributed by atoms with Crippen molar-refractivity contribution in [3.63, 3.8) is 0 Å². The summed E-state index contributed by atoms with van der Waals surface area (Å²) in [5, 5.41) is 2.85. The first-order valence-electron chi connectivity index (χ1n) is 10.9. The van der Waals surface area contributed by atoms with E-state index in [2.05, 4.69) is 37.1 Å². The molecular weight excluding hydrogens is 443 g/mol. The number of halogens is 3. The molecule has 10 heteroatoms. The minimum absolute atomic E-state index is 0.192. The van der Waals surface area contributed by atoms with Crippen LogP contribution in [0.15, 0.2) is 55.0 Å².